The Kier molecular flexibility index (Phi) is 4.97. The van der Waals surface area contributed by atoms with Crippen molar-refractivity contribution in [1.82, 2.24) is 4.57 Å². The molecule has 3 atom stereocenters. The fourth-order valence-corrected chi connectivity index (χ4v) is 5.71. The van der Waals surface area contributed by atoms with E-state index in [9.17, 15) is 9.59 Å². The summed E-state index contributed by atoms with van der Waals surface area (Å²) < 4.78 is 7.54. The van der Waals surface area contributed by atoms with Crippen LogP contribution in [-0.4, -0.2) is 23.1 Å². The van der Waals surface area contributed by atoms with Crippen LogP contribution in [0, 0.1) is 17.8 Å². The van der Waals surface area contributed by atoms with Crippen molar-refractivity contribution in [1.29, 1.82) is 0 Å². The lowest BCUT2D eigenvalue weighted by molar-refractivity contribution is -0.148. The third-order valence-electron chi connectivity index (χ3n) is 7.05. The van der Waals surface area contributed by atoms with E-state index in [0.717, 1.165) is 35.5 Å². The zero-order valence-electron chi connectivity index (χ0n) is 17.4. The quantitative estimate of drug-likeness (QED) is 0.580. The number of esters is 1. The number of fused-ring (bicyclic) bond motifs is 5. The van der Waals surface area contributed by atoms with Gasteiger partial charge in [0.05, 0.1) is 0 Å². The van der Waals surface area contributed by atoms with Crippen molar-refractivity contribution in [2.45, 2.75) is 45.6 Å². The number of aryl methyl sites for hydroxylation is 1. The summed E-state index contributed by atoms with van der Waals surface area (Å²) in [4.78, 5) is 24.5. The number of aromatic nitrogens is 1. The van der Waals surface area contributed by atoms with Gasteiger partial charge in [0.25, 0.3) is 5.91 Å². The number of benzene rings is 2. The number of nitrogens with one attached hydrogen (secondary N) is 1. The van der Waals surface area contributed by atoms with E-state index in [4.69, 9.17) is 4.74 Å². The minimum absolute atomic E-state index is 0.228. The van der Waals surface area contributed by atoms with Crippen LogP contribution < -0.4 is 5.32 Å². The number of carbonyl (C=O) groups is 2. The molecule has 3 aromatic rings. The van der Waals surface area contributed by atoms with Crippen molar-refractivity contribution in [3.05, 3.63) is 42.5 Å². The van der Waals surface area contributed by atoms with Crippen molar-refractivity contribution in [3.8, 4) is 0 Å². The Balaban J connectivity index is 1.22. The number of carbonyl (C=O) groups excluding carboxylic acids is 2. The van der Waals surface area contributed by atoms with Gasteiger partial charge in [-0.2, -0.15) is 0 Å². The molecule has 2 fully saturated rings. The van der Waals surface area contributed by atoms with Gasteiger partial charge in [-0.3, -0.25) is 9.59 Å². The summed E-state index contributed by atoms with van der Waals surface area (Å²) in [5.74, 6) is 1.41. The van der Waals surface area contributed by atoms with Crippen LogP contribution in [0.3, 0.4) is 0 Å². The lowest BCUT2D eigenvalue weighted by atomic mass is 9.86. The van der Waals surface area contributed by atoms with Crippen molar-refractivity contribution >= 4 is 39.4 Å². The first-order valence-corrected chi connectivity index (χ1v) is 11.1. The molecule has 5 nitrogen and oxygen atoms in total. The molecule has 156 valence electrons. The maximum Gasteiger partial charge on any atom is 0.306 e. The van der Waals surface area contributed by atoms with Gasteiger partial charge < -0.3 is 14.6 Å². The minimum Gasteiger partial charge on any atom is -0.456 e. The normalized spacial score (nSPS) is 22.6. The van der Waals surface area contributed by atoms with Crippen molar-refractivity contribution in [2.75, 3.05) is 11.9 Å². The fraction of sp³-hybridized carbons (Fsp3) is 0.440. The van der Waals surface area contributed by atoms with Crippen LogP contribution in [0.25, 0.3) is 21.8 Å². The smallest absolute Gasteiger partial charge is 0.306 e. The molecule has 30 heavy (non-hydrogen) atoms. The molecule has 1 heterocycles. The standard InChI is InChI=1S/C25H28N2O3/c1-2-27-22-6-4-3-5-20(22)21-14-19(9-10-23(21)27)26-24(28)15-30-25(29)13-18-12-16-7-8-17(18)11-16/h3-6,9-10,14,16-18H,2,7-8,11-13,15H2,1H3,(H,26,28)/t16-,17-,18-/m0/s1. The van der Waals surface area contributed by atoms with Gasteiger partial charge in [0, 0.05) is 40.5 Å². The minimum atomic E-state index is -0.296. The molecule has 2 aromatic carbocycles. The van der Waals surface area contributed by atoms with Crippen LogP contribution >= 0.6 is 0 Å². The first kappa shape index (κ1) is 19.2. The molecule has 1 aromatic heterocycles. The highest BCUT2D eigenvalue weighted by molar-refractivity contribution is 6.09. The zero-order chi connectivity index (χ0) is 20.7. The van der Waals surface area contributed by atoms with Gasteiger partial charge in [0.1, 0.15) is 0 Å². The summed E-state index contributed by atoms with van der Waals surface area (Å²) in [6.45, 7) is 2.79. The Bertz CT molecular complexity index is 1120. The highest BCUT2D eigenvalue weighted by atomic mass is 16.5. The topological polar surface area (TPSA) is 60.3 Å². The molecule has 1 N–H and O–H groups in total. The maximum atomic E-state index is 12.3. The largest absolute Gasteiger partial charge is 0.456 e. The van der Waals surface area contributed by atoms with E-state index < -0.39 is 0 Å². The number of hydrogen-bond donors (Lipinski definition) is 1. The molecule has 5 rings (SSSR count). The van der Waals surface area contributed by atoms with Crippen molar-refractivity contribution < 1.29 is 14.3 Å². The molecule has 2 aliphatic carbocycles. The maximum absolute atomic E-state index is 12.3. The molecule has 2 bridgehead atoms. The number of rotatable bonds is 6. The second-order valence-electron chi connectivity index (χ2n) is 8.84. The predicted molar refractivity (Wildman–Crippen MR) is 118 cm³/mol. The Morgan fingerprint density at radius 1 is 1.07 bits per heavy atom. The number of amides is 1. The molecule has 2 aliphatic rings. The van der Waals surface area contributed by atoms with E-state index >= 15 is 0 Å². The molecule has 0 unspecified atom stereocenters. The Morgan fingerprint density at radius 3 is 2.67 bits per heavy atom. The highest BCUT2D eigenvalue weighted by Crippen LogP contribution is 2.49. The molecule has 5 heteroatoms. The molecule has 0 aliphatic heterocycles. The van der Waals surface area contributed by atoms with E-state index in [0.29, 0.717) is 18.3 Å². The average molecular weight is 405 g/mol. The van der Waals surface area contributed by atoms with Crippen LogP contribution in [-0.2, 0) is 20.9 Å². The third kappa shape index (κ3) is 3.47. The highest BCUT2D eigenvalue weighted by Gasteiger charge is 2.40. The van der Waals surface area contributed by atoms with Crippen LogP contribution in [0.2, 0.25) is 0 Å². The first-order chi connectivity index (χ1) is 14.6. The summed E-state index contributed by atoms with van der Waals surface area (Å²) in [5.41, 5.74) is 3.05. The van der Waals surface area contributed by atoms with Crippen LogP contribution in [0.1, 0.15) is 39.0 Å². The average Bonchev–Trinajstić information content (AvgIpc) is 3.45. The van der Waals surface area contributed by atoms with E-state index in [-0.39, 0.29) is 18.5 Å². The molecular formula is C25H28N2O3. The number of ether oxygens (including phenoxy) is 1. The second-order valence-corrected chi connectivity index (χ2v) is 8.84. The van der Waals surface area contributed by atoms with E-state index in [1.165, 1.54) is 30.2 Å². The van der Waals surface area contributed by atoms with E-state index in [2.05, 4.69) is 28.9 Å². The number of nitrogens with zero attached hydrogens (tertiary/aromatic N) is 1. The van der Waals surface area contributed by atoms with Crippen molar-refractivity contribution in [3.63, 3.8) is 0 Å². The Morgan fingerprint density at radius 2 is 1.90 bits per heavy atom. The summed E-state index contributed by atoms with van der Waals surface area (Å²) in [6, 6.07) is 14.2. The van der Waals surface area contributed by atoms with Gasteiger partial charge >= 0.3 is 5.97 Å². The first-order valence-electron chi connectivity index (χ1n) is 11.1. The molecule has 0 radical (unpaired) electrons. The van der Waals surface area contributed by atoms with Gasteiger partial charge in [-0.1, -0.05) is 24.6 Å². The van der Waals surface area contributed by atoms with Crippen LogP contribution in [0.15, 0.2) is 42.5 Å². The molecular weight excluding hydrogens is 376 g/mol. The lowest BCUT2D eigenvalue weighted by Crippen LogP contribution is -2.23. The monoisotopic (exact) mass is 404 g/mol. The fourth-order valence-electron chi connectivity index (χ4n) is 5.71. The van der Waals surface area contributed by atoms with Gasteiger partial charge in [0.15, 0.2) is 6.61 Å². The summed E-state index contributed by atoms with van der Waals surface area (Å²) >= 11 is 0. The number of para-hydroxylation sites is 1. The summed E-state index contributed by atoms with van der Waals surface area (Å²) in [5, 5.41) is 5.16. The van der Waals surface area contributed by atoms with Gasteiger partial charge in [-0.05, 0) is 68.2 Å². The Labute approximate surface area is 176 Å². The summed E-state index contributed by atoms with van der Waals surface area (Å²) in [6.07, 6.45) is 5.45. The SMILES string of the molecule is CCn1c2ccccc2c2cc(NC(=O)COC(=O)C[C@@H]3C[C@H]4CC[C@H]3C4)ccc21. The molecule has 0 spiro atoms. The zero-order valence-corrected chi connectivity index (χ0v) is 17.4. The van der Waals surface area contributed by atoms with Crippen LogP contribution in [0.4, 0.5) is 5.69 Å². The molecule has 1 amide bonds. The molecule has 2 saturated carbocycles. The van der Waals surface area contributed by atoms with E-state index in [1.54, 1.807) is 0 Å². The summed E-state index contributed by atoms with van der Waals surface area (Å²) in [7, 11) is 0. The Hall–Kier alpha value is -2.82. The van der Waals surface area contributed by atoms with Crippen LogP contribution in [0.5, 0.6) is 0 Å². The lowest BCUT2D eigenvalue weighted by Gasteiger charge is -2.20. The number of hydrogen-bond acceptors (Lipinski definition) is 3. The number of anilines is 1. The second kappa shape index (κ2) is 7.78. The van der Waals surface area contributed by atoms with Gasteiger partial charge in [-0.25, -0.2) is 0 Å². The predicted octanol–water partition coefficient (Wildman–Crippen LogP) is 5.12. The van der Waals surface area contributed by atoms with Crippen molar-refractivity contribution in [2.24, 2.45) is 17.8 Å². The van der Waals surface area contributed by atoms with Gasteiger partial charge in [-0.15, -0.1) is 0 Å². The van der Waals surface area contributed by atoms with Gasteiger partial charge in [0.2, 0.25) is 0 Å². The van der Waals surface area contributed by atoms with E-state index in [1.807, 2.05) is 30.3 Å². The third-order valence-corrected chi connectivity index (χ3v) is 7.05. The molecule has 0 saturated heterocycles.